The standard InChI is InChI=1S/C16H25N5O/c1-6-7-11-8-13(19-17-11)15(22)21(5)10-12-9-14(20-18-12)16(2,3)4/h8-9H,6-7,10H2,1-5H3,(H,17,19)(H,18,20). The van der Waals surface area contributed by atoms with Gasteiger partial charge in [0, 0.05) is 18.2 Å². The molecule has 6 heteroatoms. The highest BCUT2D eigenvalue weighted by atomic mass is 16.2. The molecule has 0 spiro atoms. The van der Waals surface area contributed by atoms with Gasteiger partial charge in [-0.3, -0.25) is 15.0 Å². The number of aryl methyl sites for hydroxylation is 1. The van der Waals surface area contributed by atoms with Crippen LogP contribution in [0.1, 0.15) is 61.7 Å². The van der Waals surface area contributed by atoms with Crippen LogP contribution in [0.15, 0.2) is 12.1 Å². The van der Waals surface area contributed by atoms with E-state index in [9.17, 15) is 4.79 Å². The Kier molecular flexibility index (Phi) is 4.68. The van der Waals surface area contributed by atoms with Crippen molar-refractivity contribution in [3.8, 4) is 0 Å². The highest BCUT2D eigenvalue weighted by Crippen LogP contribution is 2.20. The second kappa shape index (κ2) is 6.34. The van der Waals surface area contributed by atoms with Crippen LogP contribution in [0, 0.1) is 0 Å². The summed E-state index contributed by atoms with van der Waals surface area (Å²) in [5.74, 6) is -0.0921. The SMILES string of the molecule is CCCc1cc(C(=O)N(C)Cc2cc(C(C)(C)C)n[nH]2)n[nH]1. The summed E-state index contributed by atoms with van der Waals surface area (Å²) in [7, 11) is 1.77. The number of amides is 1. The topological polar surface area (TPSA) is 77.7 Å². The Morgan fingerprint density at radius 3 is 2.45 bits per heavy atom. The molecule has 0 radical (unpaired) electrons. The van der Waals surface area contributed by atoms with Gasteiger partial charge in [-0.25, -0.2) is 0 Å². The molecule has 2 aromatic rings. The highest BCUT2D eigenvalue weighted by molar-refractivity contribution is 5.92. The van der Waals surface area contributed by atoms with Crippen LogP contribution in [-0.2, 0) is 18.4 Å². The molecular formula is C16H25N5O. The molecule has 0 aliphatic rings. The maximum Gasteiger partial charge on any atom is 0.274 e. The van der Waals surface area contributed by atoms with Crippen molar-refractivity contribution in [2.45, 2.75) is 52.5 Å². The van der Waals surface area contributed by atoms with Gasteiger partial charge >= 0.3 is 0 Å². The Morgan fingerprint density at radius 2 is 1.86 bits per heavy atom. The molecule has 0 saturated heterocycles. The Morgan fingerprint density at radius 1 is 1.18 bits per heavy atom. The van der Waals surface area contributed by atoms with Gasteiger partial charge in [-0.2, -0.15) is 10.2 Å². The predicted molar refractivity (Wildman–Crippen MR) is 85.7 cm³/mol. The van der Waals surface area contributed by atoms with Gasteiger partial charge < -0.3 is 4.90 Å². The van der Waals surface area contributed by atoms with Crippen molar-refractivity contribution in [1.82, 2.24) is 25.3 Å². The molecular weight excluding hydrogens is 278 g/mol. The molecule has 2 heterocycles. The molecule has 0 aromatic carbocycles. The average Bonchev–Trinajstić information content (AvgIpc) is 3.07. The van der Waals surface area contributed by atoms with E-state index >= 15 is 0 Å². The lowest BCUT2D eigenvalue weighted by molar-refractivity contribution is 0.0777. The van der Waals surface area contributed by atoms with Gasteiger partial charge in [0.2, 0.25) is 0 Å². The maximum absolute atomic E-state index is 12.4. The Labute approximate surface area is 131 Å². The molecule has 0 atom stereocenters. The van der Waals surface area contributed by atoms with Crippen molar-refractivity contribution in [2.75, 3.05) is 7.05 Å². The van der Waals surface area contributed by atoms with Crippen molar-refractivity contribution in [2.24, 2.45) is 0 Å². The molecule has 0 aliphatic carbocycles. The smallest absolute Gasteiger partial charge is 0.274 e. The summed E-state index contributed by atoms with van der Waals surface area (Å²) in [6.07, 6.45) is 1.93. The van der Waals surface area contributed by atoms with Gasteiger partial charge in [-0.15, -0.1) is 0 Å². The van der Waals surface area contributed by atoms with Crippen LogP contribution < -0.4 is 0 Å². The van der Waals surface area contributed by atoms with Crippen LogP contribution in [-0.4, -0.2) is 38.2 Å². The molecule has 0 unspecified atom stereocenters. The van der Waals surface area contributed by atoms with E-state index in [0.29, 0.717) is 12.2 Å². The number of H-pyrrole nitrogens is 2. The van der Waals surface area contributed by atoms with Crippen LogP contribution in [0.2, 0.25) is 0 Å². The van der Waals surface area contributed by atoms with Gasteiger partial charge in [0.25, 0.3) is 5.91 Å². The van der Waals surface area contributed by atoms with E-state index in [2.05, 4.69) is 48.1 Å². The average molecular weight is 303 g/mol. The zero-order chi connectivity index (χ0) is 16.3. The minimum Gasteiger partial charge on any atom is -0.334 e. The van der Waals surface area contributed by atoms with E-state index in [1.165, 1.54) is 0 Å². The molecule has 0 fully saturated rings. The lowest BCUT2D eigenvalue weighted by Crippen LogP contribution is -2.26. The first-order valence-corrected chi connectivity index (χ1v) is 7.65. The quantitative estimate of drug-likeness (QED) is 0.891. The van der Waals surface area contributed by atoms with Crippen molar-refractivity contribution >= 4 is 5.91 Å². The van der Waals surface area contributed by atoms with Gasteiger partial charge in [0.1, 0.15) is 5.69 Å². The second-order valence-electron chi connectivity index (χ2n) is 6.72. The third-order valence-electron chi connectivity index (χ3n) is 3.52. The number of carbonyl (C=O) groups excluding carboxylic acids is 1. The van der Waals surface area contributed by atoms with Crippen LogP contribution in [0.25, 0.3) is 0 Å². The number of aromatic nitrogens is 4. The summed E-state index contributed by atoms with van der Waals surface area (Å²) in [5, 5.41) is 14.3. The van der Waals surface area contributed by atoms with E-state index in [1.807, 2.05) is 12.1 Å². The Balaban J connectivity index is 2.03. The van der Waals surface area contributed by atoms with E-state index in [4.69, 9.17) is 0 Å². The molecule has 6 nitrogen and oxygen atoms in total. The predicted octanol–water partition coefficient (Wildman–Crippen LogP) is 2.66. The fourth-order valence-corrected chi connectivity index (χ4v) is 2.22. The number of nitrogens with one attached hydrogen (secondary N) is 2. The number of hydrogen-bond acceptors (Lipinski definition) is 3. The minimum absolute atomic E-state index is 0.00538. The van der Waals surface area contributed by atoms with E-state index in [1.54, 1.807) is 11.9 Å². The number of rotatable bonds is 5. The van der Waals surface area contributed by atoms with Gasteiger partial charge in [-0.1, -0.05) is 34.1 Å². The fraction of sp³-hybridized carbons (Fsp3) is 0.562. The van der Waals surface area contributed by atoms with Crippen molar-refractivity contribution in [3.05, 3.63) is 34.9 Å². The van der Waals surface area contributed by atoms with Crippen molar-refractivity contribution in [1.29, 1.82) is 0 Å². The van der Waals surface area contributed by atoms with Gasteiger partial charge in [-0.05, 0) is 18.6 Å². The van der Waals surface area contributed by atoms with E-state index in [-0.39, 0.29) is 11.3 Å². The fourth-order valence-electron chi connectivity index (χ4n) is 2.22. The minimum atomic E-state index is -0.0921. The third-order valence-corrected chi connectivity index (χ3v) is 3.52. The van der Waals surface area contributed by atoms with E-state index in [0.717, 1.165) is 29.9 Å². The van der Waals surface area contributed by atoms with E-state index < -0.39 is 0 Å². The summed E-state index contributed by atoms with van der Waals surface area (Å²) in [6.45, 7) is 8.92. The summed E-state index contributed by atoms with van der Waals surface area (Å²) >= 11 is 0. The summed E-state index contributed by atoms with van der Waals surface area (Å²) < 4.78 is 0. The monoisotopic (exact) mass is 303 g/mol. The molecule has 120 valence electrons. The first-order valence-electron chi connectivity index (χ1n) is 7.65. The van der Waals surface area contributed by atoms with Crippen LogP contribution in [0.3, 0.4) is 0 Å². The van der Waals surface area contributed by atoms with Gasteiger partial charge in [0.05, 0.1) is 17.9 Å². The van der Waals surface area contributed by atoms with Gasteiger partial charge in [0.15, 0.2) is 0 Å². The zero-order valence-electron chi connectivity index (χ0n) is 14.0. The van der Waals surface area contributed by atoms with Crippen molar-refractivity contribution < 1.29 is 4.79 Å². The molecule has 0 aliphatic heterocycles. The summed E-state index contributed by atoms with van der Waals surface area (Å²) in [4.78, 5) is 14.0. The first-order chi connectivity index (χ1) is 10.3. The molecule has 0 saturated carbocycles. The molecule has 2 N–H and O–H groups in total. The molecule has 22 heavy (non-hydrogen) atoms. The highest BCUT2D eigenvalue weighted by Gasteiger charge is 2.20. The Hall–Kier alpha value is -2.11. The van der Waals surface area contributed by atoms with Crippen LogP contribution >= 0.6 is 0 Å². The lowest BCUT2D eigenvalue weighted by atomic mass is 9.92. The summed E-state index contributed by atoms with van der Waals surface area (Å²) in [5.41, 5.74) is 3.37. The number of nitrogens with zero attached hydrogens (tertiary/aromatic N) is 3. The number of aromatic amines is 2. The molecule has 0 bridgehead atoms. The number of carbonyl (C=O) groups is 1. The molecule has 2 aromatic heterocycles. The van der Waals surface area contributed by atoms with Crippen molar-refractivity contribution in [3.63, 3.8) is 0 Å². The third kappa shape index (κ3) is 3.75. The largest absolute Gasteiger partial charge is 0.334 e. The van der Waals surface area contributed by atoms with Crippen LogP contribution in [0.5, 0.6) is 0 Å². The maximum atomic E-state index is 12.4. The lowest BCUT2D eigenvalue weighted by Gasteiger charge is -2.15. The molecule has 1 amide bonds. The number of hydrogen-bond donors (Lipinski definition) is 2. The van der Waals surface area contributed by atoms with Crippen LogP contribution in [0.4, 0.5) is 0 Å². The first kappa shape index (κ1) is 16.3. The normalized spacial score (nSPS) is 11.7. The summed E-state index contributed by atoms with van der Waals surface area (Å²) in [6, 6.07) is 3.84. The molecule has 2 rings (SSSR count). The Bertz CT molecular complexity index is 635. The zero-order valence-corrected chi connectivity index (χ0v) is 14.0. The second-order valence-corrected chi connectivity index (χ2v) is 6.72.